The fraction of sp³-hybridized carbons (Fsp3) is 0.926. The van der Waals surface area contributed by atoms with Gasteiger partial charge in [0.15, 0.2) is 0 Å². The van der Waals surface area contributed by atoms with E-state index in [1.54, 1.807) is 0 Å². The highest BCUT2D eigenvalue weighted by Crippen LogP contribution is 2.22. The van der Waals surface area contributed by atoms with Crippen molar-refractivity contribution >= 4 is 0 Å². The molecule has 0 aromatic heterocycles. The van der Waals surface area contributed by atoms with E-state index in [1.165, 1.54) is 56.9 Å². The Bertz CT molecular complexity index is 481. The maximum absolute atomic E-state index is 9.82. The number of ether oxygens (including phenoxy) is 1. The molecule has 0 aliphatic carbocycles. The van der Waals surface area contributed by atoms with Gasteiger partial charge in [-0.1, -0.05) is 84.3 Å². The van der Waals surface area contributed by atoms with Crippen molar-refractivity contribution in [3.8, 4) is 0 Å². The Balaban J connectivity index is 3.82. The Morgan fingerprint density at radius 1 is 0.758 bits per heavy atom. The molecule has 0 aromatic rings. The van der Waals surface area contributed by atoms with Gasteiger partial charge < -0.3 is 30.3 Å². The second-order valence-electron chi connectivity index (χ2n) is 10.6. The largest absolute Gasteiger partial charge is 0.394 e. The normalized spacial score (nSPS) is 18.2. The highest BCUT2D eigenvalue weighted by Gasteiger charge is 2.29. The zero-order valence-corrected chi connectivity index (χ0v) is 22.0. The van der Waals surface area contributed by atoms with Crippen LogP contribution >= 0.6 is 0 Å². The SMILES string of the molecule is CC(=CCCOC[C@H](O)[C@@H](O)[C@H](O)[C@H](O)CO)CCCC(C)CCCC(C)CCCC(C)C. The number of rotatable bonds is 21. The number of allylic oxidation sites excluding steroid dienone is 1. The van der Waals surface area contributed by atoms with Crippen LogP contribution in [0, 0.1) is 17.8 Å². The molecule has 6 heteroatoms. The Morgan fingerprint density at radius 3 is 1.82 bits per heavy atom. The van der Waals surface area contributed by atoms with Crippen LogP contribution in [0.3, 0.4) is 0 Å². The minimum atomic E-state index is -1.61. The third kappa shape index (κ3) is 17.6. The number of hydrogen-bond acceptors (Lipinski definition) is 6. The molecule has 0 aromatic carbocycles. The molecule has 0 bridgehead atoms. The highest BCUT2D eigenvalue weighted by molar-refractivity contribution is 4.97. The Kier molecular flexibility index (Phi) is 19.5. The van der Waals surface area contributed by atoms with Crippen LogP contribution in [-0.2, 0) is 4.74 Å². The number of aliphatic hydroxyl groups is 5. The molecule has 0 saturated carbocycles. The average Bonchev–Trinajstić information content (AvgIpc) is 2.76. The molecule has 0 rings (SSSR count). The van der Waals surface area contributed by atoms with E-state index in [1.807, 2.05) is 0 Å². The zero-order valence-electron chi connectivity index (χ0n) is 22.0. The Hall–Kier alpha value is -0.500. The molecule has 33 heavy (non-hydrogen) atoms. The minimum absolute atomic E-state index is 0.142. The molecule has 2 unspecified atom stereocenters. The van der Waals surface area contributed by atoms with E-state index in [4.69, 9.17) is 9.84 Å². The molecule has 0 aliphatic heterocycles. The van der Waals surface area contributed by atoms with Gasteiger partial charge in [-0.15, -0.1) is 0 Å². The van der Waals surface area contributed by atoms with Crippen LogP contribution in [0.2, 0.25) is 0 Å². The number of aliphatic hydroxyl groups excluding tert-OH is 5. The molecule has 0 fully saturated rings. The number of hydrogen-bond donors (Lipinski definition) is 5. The van der Waals surface area contributed by atoms with Gasteiger partial charge in [0.25, 0.3) is 0 Å². The lowest BCUT2D eigenvalue weighted by Gasteiger charge is -2.25. The Labute approximate surface area is 203 Å². The average molecular weight is 475 g/mol. The molecule has 0 spiro atoms. The maximum atomic E-state index is 9.82. The summed E-state index contributed by atoms with van der Waals surface area (Å²) in [5.41, 5.74) is 1.34. The van der Waals surface area contributed by atoms with Crippen LogP contribution in [0.15, 0.2) is 11.6 Å². The fourth-order valence-corrected chi connectivity index (χ4v) is 4.06. The highest BCUT2D eigenvalue weighted by atomic mass is 16.5. The quantitative estimate of drug-likeness (QED) is 0.126. The summed E-state index contributed by atoms with van der Waals surface area (Å²) in [6.45, 7) is 11.1. The molecule has 0 saturated heterocycles. The van der Waals surface area contributed by atoms with E-state index >= 15 is 0 Å². The lowest BCUT2D eigenvalue weighted by Crippen LogP contribution is -2.47. The lowest BCUT2D eigenvalue weighted by atomic mass is 9.91. The summed E-state index contributed by atoms with van der Waals surface area (Å²) >= 11 is 0. The van der Waals surface area contributed by atoms with E-state index in [-0.39, 0.29) is 6.61 Å². The summed E-state index contributed by atoms with van der Waals surface area (Å²) in [7, 11) is 0. The van der Waals surface area contributed by atoms with Gasteiger partial charge in [-0.25, -0.2) is 0 Å². The molecule has 0 heterocycles. The zero-order chi connectivity index (χ0) is 25.2. The van der Waals surface area contributed by atoms with Crippen LogP contribution < -0.4 is 0 Å². The molecular formula is C27H54O6. The van der Waals surface area contributed by atoms with Crippen molar-refractivity contribution in [2.75, 3.05) is 19.8 Å². The van der Waals surface area contributed by atoms with Crippen LogP contribution in [0.4, 0.5) is 0 Å². The minimum Gasteiger partial charge on any atom is -0.394 e. The molecule has 198 valence electrons. The van der Waals surface area contributed by atoms with Crippen LogP contribution in [0.5, 0.6) is 0 Å². The van der Waals surface area contributed by atoms with Gasteiger partial charge in [0.1, 0.15) is 24.4 Å². The molecule has 5 N–H and O–H groups in total. The Morgan fingerprint density at radius 2 is 1.27 bits per heavy atom. The van der Waals surface area contributed by atoms with E-state index in [0.717, 1.165) is 30.6 Å². The van der Waals surface area contributed by atoms with Gasteiger partial charge in [-0.3, -0.25) is 0 Å². The van der Waals surface area contributed by atoms with E-state index in [9.17, 15) is 20.4 Å². The summed E-state index contributed by atoms with van der Waals surface area (Å²) < 4.78 is 5.36. The topological polar surface area (TPSA) is 110 Å². The maximum Gasteiger partial charge on any atom is 0.111 e. The van der Waals surface area contributed by atoms with Gasteiger partial charge in [0.2, 0.25) is 0 Å². The third-order valence-corrected chi connectivity index (χ3v) is 6.51. The predicted molar refractivity (Wildman–Crippen MR) is 135 cm³/mol. The van der Waals surface area contributed by atoms with Gasteiger partial charge in [0, 0.05) is 0 Å². The van der Waals surface area contributed by atoms with Crippen molar-refractivity contribution in [2.24, 2.45) is 17.8 Å². The first-order valence-corrected chi connectivity index (χ1v) is 13.1. The van der Waals surface area contributed by atoms with Crippen LogP contribution in [0.1, 0.15) is 98.8 Å². The molecule has 6 atom stereocenters. The van der Waals surface area contributed by atoms with Gasteiger partial charge in [0.05, 0.1) is 19.8 Å². The van der Waals surface area contributed by atoms with E-state index < -0.39 is 31.0 Å². The summed E-state index contributed by atoms with van der Waals surface area (Å²) in [6, 6.07) is 0. The van der Waals surface area contributed by atoms with Crippen molar-refractivity contribution in [1.82, 2.24) is 0 Å². The summed E-state index contributed by atoms with van der Waals surface area (Å²) in [6.07, 6.45) is 8.52. The van der Waals surface area contributed by atoms with Crippen LogP contribution in [0.25, 0.3) is 0 Å². The van der Waals surface area contributed by atoms with Crippen molar-refractivity contribution in [1.29, 1.82) is 0 Å². The molecule has 0 radical (unpaired) electrons. The van der Waals surface area contributed by atoms with Gasteiger partial charge in [-0.2, -0.15) is 0 Å². The van der Waals surface area contributed by atoms with Crippen molar-refractivity contribution in [3.63, 3.8) is 0 Å². The first-order valence-electron chi connectivity index (χ1n) is 13.1. The van der Waals surface area contributed by atoms with Gasteiger partial charge >= 0.3 is 0 Å². The molecule has 0 amide bonds. The first-order chi connectivity index (χ1) is 15.6. The van der Waals surface area contributed by atoms with Crippen molar-refractivity contribution in [3.05, 3.63) is 11.6 Å². The first kappa shape index (κ1) is 32.5. The van der Waals surface area contributed by atoms with Crippen molar-refractivity contribution < 1.29 is 30.3 Å². The molecule has 0 aliphatic rings. The van der Waals surface area contributed by atoms with E-state index in [0.29, 0.717) is 6.61 Å². The lowest BCUT2D eigenvalue weighted by molar-refractivity contribution is -0.128. The monoisotopic (exact) mass is 474 g/mol. The summed E-state index contributed by atoms with van der Waals surface area (Å²) in [5.74, 6) is 2.45. The van der Waals surface area contributed by atoms with E-state index in [2.05, 4.69) is 40.7 Å². The summed E-state index contributed by atoms with van der Waals surface area (Å²) in [5, 5.41) is 47.2. The molecular weight excluding hydrogens is 420 g/mol. The fourth-order valence-electron chi connectivity index (χ4n) is 4.06. The summed E-state index contributed by atoms with van der Waals surface area (Å²) in [4.78, 5) is 0. The second-order valence-corrected chi connectivity index (χ2v) is 10.6. The standard InChI is InChI=1S/C27H54O6/c1-20(2)10-6-11-21(3)12-7-13-22(4)14-8-15-23(5)16-9-17-33-19-25(30)27(32)26(31)24(29)18-28/h16,20-22,24-32H,6-15,17-19H2,1-5H3/t21?,22?,24-,25+,26-,27-/m1/s1. The van der Waals surface area contributed by atoms with Gasteiger partial charge in [-0.05, 0) is 43.9 Å². The smallest absolute Gasteiger partial charge is 0.111 e. The van der Waals surface area contributed by atoms with Crippen molar-refractivity contribution in [2.45, 2.75) is 123 Å². The third-order valence-electron chi connectivity index (χ3n) is 6.51. The second kappa shape index (κ2) is 19.8. The van der Waals surface area contributed by atoms with Crippen LogP contribution in [-0.4, -0.2) is 69.8 Å². The predicted octanol–water partition coefficient (Wildman–Crippen LogP) is 4.21. The molecule has 6 nitrogen and oxygen atoms in total.